The molecule has 0 unspecified atom stereocenters. The predicted molar refractivity (Wildman–Crippen MR) is 73.4 cm³/mol. The zero-order valence-electron chi connectivity index (χ0n) is 10.1. The Balaban J connectivity index is 2.03. The highest BCUT2D eigenvalue weighted by Gasteiger charge is 2.06. The van der Waals surface area contributed by atoms with Crippen LogP contribution >= 0.6 is 0 Å². The summed E-state index contributed by atoms with van der Waals surface area (Å²) in [6.07, 6.45) is 0. The Morgan fingerprint density at radius 3 is 1.95 bits per heavy atom. The number of hydrogen-bond donors (Lipinski definition) is 2. The molecule has 0 amide bonds. The normalized spacial score (nSPS) is 9.80. The van der Waals surface area contributed by atoms with Crippen molar-refractivity contribution in [1.82, 2.24) is 0 Å². The fourth-order valence-electron chi connectivity index (χ4n) is 1.51. The van der Waals surface area contributed by atoms with Crippen molar-refractivity contribution < 1.29 is 9.85 Å². The highest BCUT2D eigenvalue weighted by molar-refractivity contribution is 5.57. The van der Waals surface area contributed by atoms with Crippen LogP contribution in [-0.4, -0.2) is 9.85 Å². The number of hydrazine groups is 1. The molecule has 0 saturated heterocycles. The van der Waals surface area contributed by atoms with E-state index in [0.29, 0.717) is 11.4 Å². The van der Waals surface area contributed by atoms with E-state index in [2.05, 4.69) is 10.9 Å². The maximum atomic E-state index is 10.6. The number of anilines is 2. The molecule has 0 atom stereocenters. The quantitative estimate of drug-likeness (QED) is 0.640. The lowest BCUT2D eigenvalue weighted by Gasteiger charge is -2.09. The number of nitro groups is 2. The molecule has 102 valence electrons. The van der Waals surface area contributed by atoms with E-state index in [4.69, 9.17) is 0 Å². The lowest BCUT2D eigenvalue weighted by molar-refractivity contribution is -0.385. The Kier molecular flexibility index (Phi) is 3.75. The van der Waals surface area contributed by atoms with Gasteiger partial charge in [-0.2, -0.15) is 0 Å². The first-order valence-electron chi connectivity index (χ1n) is 5.57. The van der Waals surface area contributed by atoms with Crippen LogP contribution in [0.2, 0.25) is 0 Å². The molecule has 2 rings (SSSR count). The van der Waals surface area contributed by atoms with Gasteiger partial charge in [0.2, 0.25) is 0 Å². The molecule has 0 aliphatic carbocycles. The Bertz CT molecular complexity index is 642. The summed E-state index contributed by atoms with van der Waals surface area (Å²) in [5, 5.41) is 21.1. The van der Waals surface area contributed by atoms with E-state index in [1.807, 2.05) is 0 Å². The molecule has 8 heteroatoms. The van der Waals surface area contributed by atoms with Crippen LogP contribution < -0.4 is 10.9 Å². The first-order chi connectivity index (χ1) is 9.56. The van der Waals surface area contributed by atoms with Crippen molar-refractivity contribution in [3.8, 4) is 0 Å². The summed E-state index contributed by atoms with van der Waals surface area (Å²) in [5.41, 5.74) is 6.65. The highest BCUT2D eigenvalue weighted by atomic mass is 16.6. The monoisotopic (exact) mass is 274 g/mol. The maximum absolute atomic E-state index is 10.6. The smallest absolute Gasteiger partial charge is 0.271 e. The van der Waals surface area contributed by atoms with E-state index in [1.54, 1.807) is 12.1 Å². The molecule has 0 aliphatic heterocycles. The first-order valence-corrected chi connectivity index (χ1v) is 5.57. The summed E-state index contributed by atoms with van der Waals surface area (Å²) >= 11 is 0. The predicted octanol–water partition coefficient (Wildman–Crippen LogP) is 2.94. The van der Waals surface area contributed by atoms with Crippen LogP contribution in [0.3, 0.4) is 0 Å². The van der Waals surface area contributed by atoms with Gasteiger partial charge in [0.05, 0.1) is 21.2 Å². The number of rotatable bonds is 5. The van der Waals surface area contributed by atoms with E-state index in [1.165, 1.54) is 36.4 Å². The van der Waals surface area contributed by atoms with Gasteiger partial charge in [-0.05, 0) is 18.2 Å². The van der Waals surface area contributed by atoms with Crippen LogP contribution in [0.4, 0.5) is 22.7 Å². The van der Waals surface area contributed by atoms with Gasteiger partial charge >= 0.3 is 0 Å². The SMILES string of the molecule is O=[N+]([O-])c1ccc(NNc2cccc([N+](=O)[O-])c2)cc1. The summed E-state index contributed by atoms with van der Waals surface area (Å²) in [4.78, 5) is 20.1. The fraction of sp³-hybridized carbons (Fsp3) is 0. The van der Waals surface area contributed by atoms with Gasteiger partial charge in [-0.25, -0.2) is 0 Å². The van der Waals surface area contributed by atoms with E-state index in [0.717, 1.165) is 0 Å². The van der Waals surface area contributed by atoms with Gasteiger partial charge in [0, 0.05) is 24.3 Å². The molecule has 2 aromatic carbocycles. The Morgan fingerprint density at radius 2 is 1.35 bits per heavy atom. The van der Waals surface area contributed by atoms with Crippen molar-refractivity contribution in [3.63, 3.8) is 0 Å². The van der Waals surface area contributed by atoms with Crippen LogP contribution in [0.1, 0.15) is 0 Å². The number of nitrogens with zero attached hydrogens (tertiary/aromatic N) is 2. The minimum atomic E-state index is -0.489. The second-order valence-corrected chi connectivity index (χ2v) is 3.86. The zero-order valence-corrected chi connectivity index (χ0v) is 10.1. The molecule has 0 spiro atoms. The second-order valence-electron chi connectivity index (χ2n) is 3.86. The third kappa shape index (κ3) is 3.19. The van der Waals surface area contributed by atoms with Gasteiger partial charge < -0.3 is 10.9 Å². The van der Waals surface area contributed by atoms with E-state index < -0.39 is 9.85 Å². The standard InChI is InChI=1S/C12H10N4O4/c17-15(18)11-6-4-9(5-7-11)13-14-10-2-1-3-12(8-10)16(19)20/h1-8,13-14H. The summed E-state index contributed by atoms with van der Waals surface area (Å²) in [6, 6.07) is 11.7. The molecule has 0 heterocycles. The summed E-state index contributed by atoms with van der Waals surface area (Å²) in [5.74, 6) is 0. The molecule has 2 aromatic rings. The second kappa shape index (κ2) is 5.65. The average Bonchev–Trinajstić information content (AvgIpc) is 2.46. The van der Waals surface area contributed by atoms with Crippen molar-refractivity contribution in [2.45, 2.75) is 0 Å². The minimum absolute atomic E-state index is 0.00843. The van der Waals surface area contributed by atoms with Gasteiger partial charge in [0.15, 0.2) is 0 Å². The van der Waals surface area contributed by atoms with Gasteiger partial charge in [-0.15, -0.1) is 0 Å². The molecule has 0 aliphatic rings. The van der Waals surface area contributed by atoms with E-state index in [9.17, 15) is 20.2 Å². The van der Waals surface area contributed by atoms with Crippen LogP contribution in [0, 0.1) is 20.2 Å². The molecule has 0 saturated carbocycles. The fourth-order valence-corrected chi connectivity index (χ4v) is 1.51. The molecule has 0 bridgehead atoms. The lowest BCUT2D eigenvalue weighted by Crippen LogP contribution is -2.08. The van der Waals surface area contributed by atoms with Gasteiger partial charge in [0.25, 0.3) is 11.4 Å². The van der Waals surface area contributed by atoms with Crippen molar-refractivity contribution in [2.75, 3.05) is 10.9 Å². The summed E-state index contributed by atoms with van der Waals surface area (Å²) in [7, 11) is 0. The van der Waals surface area contributed by atoms with Crippen LogP contribution in [0.15, 0.2) is 48.5 Å². The topological polar surface area (TPSA) is 110 Å². The number of nitro benzene ring substituents is 2. The average molecular weight is 274 g/mol. The Morgan fingerprint density at radius 1 is 0.750 bits per heavy atom. The number of benzene rings is 2. The van der Waals surface area contributed by atoms with Crippen LogP contribution in [0.5, 0.6) is 0 Å². The lowest BCUT2D eigenvalue weighted by atomic mass is 10.3. The van der Waals surface area contributed by atoms with E-state index in [-0.39, 0.29) is 11.4 Å². The van der Waals surface area contributed by atoms with Crippen molar-refractivity contribution in [2.24, 2.45) is 0 Å². The Labute approximate surface area is 113 Å². The molecule has 8 nitrogen and oxygen atoms in total. The maximum Gasteiger partial charge on any atom is 0.271 e. The number of nitrogens with one attached hydrogen (secondary N) is 2. The van der Waals surface area contributed by atoms with Crippen LogP contribution in [0.25, 0.3) is 0 Å². The number of hydrogen-bond acceptors (Lipinski definition) is 6. The molecular formula is C12H10N4O4. The van der Waals surface area contributed by atoms with Crippen molar-refractivity contribution in [3.05, 3.63) is 68.8 Å². The molecule has 0 fully saturated rings. The zero-order chi connectivity index (χ0) is 14.5. The van der Waals surface area contributed by atoms with Crippen LogP contribution in [-0.2, 0) is 0 Å². The largest absolute Gasteiger partial charge is 0.301 e. The summed E-state index contributed by atoms with van der Waals surface area (Å²) < 4.78 is 0. The van der Waals surface area contributed by atoms with Crippen molar-refractivity contribution >= 4 is 22.7 Å². The van der Waals surface area contributed by atoms with Gasteiger partial charge in [-0.3, -0.25) is 20.2 Å². The molecular weight excluding hydrogens is 264 g/mol. The molecule has 0 radical (unpaired) electrons. The van der Waals surface area contributed by atoms with Gasteiger partial charge in [0.1, 0.15) is 0 Å². The van der Waals surface area contributed by atoms with E-state index >= 15 is 0 Å². The molecule has 2 N–H and O–H groups in total. The van der Waals surface area contributed by atoms with Gasteiger partial charge in [-0.1, -0.05) is 6.07 Å². The first kappa shape index (κ1) is 13.3. The van der Waals surface area contributed by atoms with Crippen molar-refractivity contribution in [1.29, 1.82) is 0 Å². The minimum Gasteiger partial charge on any atom is -0.301 e. The number of non-ortho nitro benzene ring substituents is 2. The Hall–Kier alpha value is -3.16. The third-order valence-corrected chi connectivity index (χ3v) is 2.49. The highest BCUT2D eigenvalue weighted by Crippen LogP contribution is 2.19. The molecule has 0 aromatic heterocycles. The molecule has 20 heavy (non-hydrogen) atoms. The summed E-state index contributed by atoms with van der Waals surface area (Å²) in [6.45, 7) is 0. The third-order valence-electron chi connectivity index (χ3n) is 2.49.